The summed E-state index contributed by atoms with van der Waals surface area (Å²) in [5, 5.41) is 12.2. The molecule has 1 aromatic rings. The van der Waals surface area contributed by atoms with Crippen LogP contribution in [0.2, 0.25) is 0 Å². The lowest BCUT2D eigenvalue weighted by Crippen LogP contribution is -2.51. The fourth-order valence-electron chi connectivity index (χ4n) is 1.36. The third-order valence-electron chi connectivity index (χ3n) is 2.39. The van der Waals surface area contributed by atoms with Crippen LogP contribution in [0.4, 0.5) is 5.13 Å². The number of hydrogen-bond donors (Lipinski definition) is 1. The van der Waals surface area contributed by atoms with Crippen LogP contribution in [-0.2, 0) is 4.74 Å². The fraction of sp³-hybridized carbons (Fsp3) is 0.667. The van der Waals surface area contributed by atoms with Crippen LogP contribution < -0.4 is 4.90 Å². The Labute approximate surface area is 87.1 Å². The van der Waals surface area contributed by atoms with Crippen molar-refractivity contribution in [1.29, 1.82) is 0 Å². The van der Waals surface area contributed by atoms with Gasteiger partial charge in [0.1, 0.15) is 0 Å². The molecule has 1 N–H and O–H groups in total. The van der Waals surface area contributed by atoms with Gasteiger partial charge >= 0.3 is 0 Å². The van der Waals surface area contributed by atoms with Gasteiger partial charge in [-0.25, -0.2) is 4.98 Å². The van der Waals surface area contributed by atoms with E-state index in [-0.39, 0.29) is 0 Å². The minimum Gasteiger partial charge on any atom is -0.387 e. The van der Waals surface area contributed by atoms with Crippen molar-refractivity contribution in [2.24, 2.45) is 0 Å². The maximum Gasteiger partial charge on any atom is 0.185 e. The van der Waals surface area contributed by atoms with Gasteiger partial charge in [0.15, 0.2) is 5.13 Å². The van der Waals surface area contributed by atoms with Crippen molar-refractivity contribution in [2.45, 2.75) is 19.1 Å². The number of aliphatic hydroxyl groups is 1. The molecule has 0 bridgehead atoms. The van der Waals surface area contributed by atoms with Gasteiger partial charge in [0, 0.05) is 25.6 Å². The van der Waals surface area contributed by atoms with E-state index in [1.807, 2.05) is 5.38 Å². The third kappa shape index (κ3) is 1.75. The molecule has 0 aromatic carbocycles. The zero-order chi connectivity index (χ0) is 10.1. The number of anilines is 1. The highest BCUT2D eigenvalue weighted by molar-refractivity contribution is 7.13. The largest absolute Gasteiger partial charge is 0.387 e. The first-order chi connectivity index (χ1) is 6.70. The van der Waals surface area contributed by atoms with Gasteiger partial charge in [0.2, 0.25) is 0 Å². The second kappa shape index (κ2) is 3.84. The molecule has 1 atom stereocenters. The van der Waals surface area contributed by atoms with Crippen LogP contribution >= 0.6 is 11.3 Å². The maximum atomic E-state index is 9.31. The summed E-state index contributed by atoms with van der Waals surface area (Å²) in [5.74, 6) is 0. The quantitative estimate of drug-likeness (QED) is 0.816. The van der Waals surface area contributed by atoms with Crippen molar-refractivity contribution < 1.29 is 9.84 Å². The van der Waals surface area contributed by atoms with E-state index < -0.39 is 6.10 Å². The summed E-state index contributed by atoms with van der Waals surface area (Å²) in [6.07, 6.45) is -0.131. The Morgan fingerprint density at radius 1 is 1.71 bits per heavy atom. The molecule has 0 amide bonds. The van der Waals surface area contributed by atoms with Crippen LogP contribution in [0.15, 0.2) is 5.38 Å². The molecule has 1 fully saturated rings. The average molecular weight is 214 g/mol. The van der Waals surface area contributed by atoms with Crippen molar-refractivity contribution >= 4 is 16.5 Å². The molecule has 0 aliphatic carbocycles. The lowest BCUT2D eigenvalue weighted by molar-refractivity contribution is 0.0787. The Bertz CT molecular complexity index is 308. The summed E-state index contributed by atoms with van der Waals surface area (Å²) >= 11 is 1.57. The van der Waals surface area contributed by atoms with Crippen LogP contribution in [0.3, 0.4) is 0 Å². The molecular formula is C9H14N2O2S. The molecule has 2 rings (SSSR count). The van der Waals surface area contributed by atoms with Gasteiger partial charge in [-0.15, -0.1) is 11.3 Å². The standard InChI is InChI=1S/C9H14N2O2S/c1-6(12)8-5-14-9(10-8)11-3-7(4-11)13-2/h5-7,12H,3-4H2,1-2H3. The molecule has 1 unspecified atom stereocenters. The number of thiazole rings is 1. The van der Waals surface area contributed by atoms with Crippen molar-refractivity contribution in [3.63, 3.8) is 0 Å². The summed E-state index contributed by atoms with van der Waals surface area (Å²) in [5.41, 5.74) is 0.755. The van der Waals surface area contributed by atoms with E-state index in [0.29, 0.717) is 6.10 Å². The van der Waals surface area contributed by atoms with Gasteiger partial charge in [0.05, 0.1) is 17.9 Å². The molecule has 1 aromatic heterocycles. The predicted molar refractivity (Wildman–Crippen MR) is 55.8 cm³/mol. The molecule has 0 spiro atoms. The van der Waals surface area contributed by atoms with E-state index in [9.17, 15) is 5.11 Å². The molecular weight excluding hydrogens is 200 g/mol. The van der Waals surface area contributed by atoms with E-state index in [0.717, 1.165) is 23.9 Å². The second-order valence-corrected chi connectivity index (χ2v) is 4.33. The molecule has 14 heavy (non-hydrogen) atoms. The topological polar surface area (TPSA) is 45.6 Å². The summed E-state index contributed by atoms with van der Waals surface area (Å²) in [7, 11) is 1.73. The highest BCUT2D eigenvalue weighted by Gasteiger charge is 2.28. The number of nitrogens with zero attached hydrogens (tertiary/aromatic N) is 2. The summed E-state index contributed by atoms with van der Waals surface area (Å²) in [6, 6.07) is 0. The van der Waals surface area contributed by atoms with E-state index in [4.69, 9.17) is 4.74 Å². The van der Waals surface area contributed by atoms with Crippen LogP contribution in [0, 0.1) is 0 Å². The first-order valence-corrected chi connectivity index (χ1v) is 5.50. The minimum absolute atomic E-state index is 0.342. The smallest absolute Gasteiger partial charge is 0.185 e. The summed E-state index contributed by atoms with van der Waals surface area (Å²) in [4.78, 5) is 6.50. The lowest BCUT2D eigenvalue weighted by Gasteiger charge is -2.37. The zero-order valence-electron chi connectivity index (χ0n) is 8.30. The Balaban J connectivity index is 1.98. The Morgan fingerprint density at radius 2 is 2.43 bits per heavy atom. The molecule has 78 valence electrons. The van der Waals surface area contributed by atoms with E-state index in [1.165, 1.54) is 0 Å². The average Bonchev–Trinajstić information content (AvgIpc) is 2.51. The van der Waals surface area contributed by atoms with Crippen LogP contribution in [0.1, 0.15) is 18.7 Å². The van der Waals surface area contributed by atoms with Gasteiger partial charge < -0.3 is 14.7 Å². The van der Waals surface area contributed by atoms with E-state index >= 15 is 0 Å². The van der Waals surface area contributed by atoms with Crippen molar-refractivity contribution in [3.05, 3.63) is 11.1 Å². The number of rotatable bonds is 3. The molecule has 1 aliphatic rings. The lowest BCUT2D eigenvalue weighted by atomic mass is 10.2. The normalized spacial score (nSPS) is 19.5. The highest BCUT2D eigenvalue weighted by atomic mass is 32.1. The van der Waals surface area contributed by atoms with Crippen molar-refractivity contribution in [2.75, 3.05) is 25.1 Å². The number of ether oxygens (including phenoxy) is 1. The maximum absolute atomic E-state index is 9.31. The molecule has 0 saturated carbocycles. The first-order valence-electron chi connectivity index (χ1n) is 4.62. The third-order valence-corrected chi connectivity index (χ3v) is 3.31. The Hall–Kier alpha value is -0.650. The second-order valence-electron chi connectivity index (χ2n) is 3.49. The van der Waals surface area contributed by atoms with Gasteiger partial charge in [-0.3, -0.25) is 0 Å². The van der Waals surface area contributed by atoms with Crippen molar-refractivity contribution in [1.82, 2.24) is 4.98 Å². The monoisotopic (exact) mass is 214 g/mol. The Morgan fingerprint density at radius 3 is 2.93 bits per heavy atom. The zero-order valence-corrected chi connectivity index (χ0v) is 9.12. The van der Waals surface area contributed by atoms with Gasteiger partial charge in [-0.2, -0.15) is 0 Å². The van der Waals surface area contributed by atoms with Crippen LogP contribution in [0.25, 0.3) is 0 Å². The molecule has 4 nitrogen and oxygen atoms in total. The molecule has 5 heteroatoms. The number of aromatic nitrogens is 1. The van der Waals surface area contributed by atoms with E-state index in [1.54, 1.807) is 25.4 Å². The molecule has 2 heterocycles. The van der Waals surface area contributed by atoms with Crippen molar-refractivity contribution in [3.8, 4) is 0 Å². The molecule has 1 aliphatic heterocycles. The summed E-state index contributed by atoms with van der Waals surface area (Å²) < 4.78 is 5.18. The number of hydrogen-bond acceptors (Lipinski definition) is 5. The number of methoxy groups -OCH3 is 1. The predicted octanol–water partition coefficient (Wildman–Crippen LogP) is 1.03. The Kier molecular flexibility index (Phi) is 2.71. The summed E-state index contributed by atoms with van der Waals surface area (Å²) in [6.45, 7) is 3.54. The SMILES string of the molecule is COC1CN(c2nc(C(C)O)cs2)C1. The van der Waals surface area contributed by atoms with Gasteiger partial charge in [0.25, 0.3) is 0 Å². The first kappa shape index (κ1) is 9.89. The molecule has 1 saturated heterocycles. The highest BCUT2D eigenvalue weighted by Crippen LogP contribution is 2.27. The van der Waals surface area contributed by atoms with Crippen LogP contribution in [-0.4, -0.2) is 36.4 Å². The fourth-order valence-corrected chi connectivity index (χ4v) is 2.29. The number of aliphatic hydroxyl groups excluding tert-OH is 1. The molecule has 0 radical (unpaired) electrons. The minimum atomic E-state index is -0.473. The van der Waals surface area contributed by atoms with Gasteiger partial charge in [-0.1, -0.05) is 0 Å². The van der Waals surface area contributed by atoms with Gasteiger partial charge in [-0.05, 0) is 6.92 Å². The van der Waals surface area contributed by atoms with E-state index in [2.05, 4.69) is 9.88 Å². The van der Waals surface area contributed by atoms with Crippen LogP contribution in [0.5, 0.6) is 0 Å².